The quantitative estimate of drug-likeness (QED) is 0.352. The molecular weight excluding hydrogens is 404 g/mol. The van der Waals surface area contributed by atoms with Gasteiger partial charge in [0.25, 0.3) is 0 Å². The van der Waals surface area contributed by atoms with Crippen molar-refractivity contribution in [3.8, 4) is 0 Å². The molecule has 3 aromatic carbocycles. The van der Waals surface area contributed by atoms with Crippen molar-refractivity contribution in [2.24, 2.45) is 0 Å². The molecule has 0 aliphatic rings. The van der Waals surface area contributed by atoms with Gasteiger partial charge in [-0.2, -0.15) is 0 Å². The highest BCUT2D eigenvalue weighted by Gasteiger charge is 2.38. The van der Waals surface area contributed by atoms with Gasteiger partial charge in [0.2, 0.25) is 0 Å². The number of ether oxygens (including phenoxy) is 2. The molecule has 3 rings (SSSR count). The molecule has 0 aliphatic heterocycles. The lowest BCUT2D eigenvalue weighted by atomic mass is 9.80. The molecule has 0 amide bonds. The summed E-state index contributed by atoms with van der Waals surface area (Å²) in [7, 11) is 0. The molecule has 0 bridgehead atoms. The smallest absolute Gasteiger partial charge is 0.308 e. The Morgan fingerprint density at radius 1 is 0.781 bits per heavy atom. The van der Waals surface area contributed by atoms with Crippen LogP contribution in [0.3, 0.4) is 0 Å². The SMILES string of the molecule is CCOC(=O)CC(O)CC(O)COC(c1ccccc1)(c1ccccc1)c1ccccc1. The maximum absolute atomic E-state index is 11.6. The molecule has 0 aliphatic carbocycles. The van der Waals surface area contributed by atoms with E-state index in [1.54, 1.807) is 6.92 Å². The van der Waals surface area contributed by atoms with Crippen LogP contribution in [0.25, 0.3) is 0 Å². The molecule has 0 heterocycles. The van der Waals surface area contributed by atoms with Gasteiger partial charge < -0.3 is 19.7 Å². The Morgan fingerprint density at radius 2 is 1.22 bits per heavy atom. The van der Waals surface area contributed by atoms with Crippen LogP contribution in [0, 0.1) is 0 Å². The summed E-state index contributed by atoms with van der Waals surface area (Å²) in [5.41, 5.74) is 1.83. The minimum Gasteiger partial charge on any atom is -0.466 e. The van der Waals surface area contributed by atoms with Crippen molar-refractivity contribution in [3.05, 3.63) is 108 Å². The first-order valence-corrected chi connectivity index (χ1v) is 10.9. The van der Waals surface area contributed by atoms with E-state index in [2.05, 4.69) is 0 Å². The van der Waals surface area contributed by atoms with Crippen LogP contribution in [0.15, 0.2) is 91.0 Å². The molecule has 0 saturated carbocycles. The third kappa shape index (κ3) is 5.82. The summed E-state index contributed by atoms with van der Waals surface area (Å²) in [6, 6.07) is 29.6. The molecule has 2 unspecified atom stereocenters. The molecule has 5 nitrogen and oxygen atoms in total. The lowest BCUT2D eigenvalue weighted by Gasteiger charge is -2.36. The average molecular weight is 435 g/mol. The number of benzene rings is 3. The second kappa shape index (κ2) is 11.6. The Hall–Kier alpha value is -2.99. The molecule has 0 aromatic heterocycles. The second-order valence-electron chi connectivity index (χ2n) is 7.64. The van der Waals surface area contributed by atoms with Crippen molar-refractivity contribution in [1.29, 1.82) is 0 Å². The van der Waals surface area contributed by atoms with Crippen molar-refractivity contribution in [2.75, 3.05) is 13.2 Å². The number of carbonyl (C=O) groups is 1. The number of esters is 1. The van der Waals surface area contributed by atoms with Gasteiger partial charge in [-0.3, -0.25) is 4.79 Å². The molecule has 0 fully saturated rings. The predicted octanol–water partition coefficient (Wildman–Crippen LogP) is 4.06. The van der Waals surface area contributed by atoms with Crippen molar-refractivity contribution >= 4 is 5.97 Å². The van der Waals surface area contributed by atoms with E-state index >= 15 is 0 Å². The third-order valence-corrected chi connectivity index (χ3v) is 5.28. The summed E-state index contributed by atoms with van der Waals surface area (Å²) >= 11 is 0. The van der Waals surface area contributed by atoms with Crippen LogP contribution in [0.5, 0.6) is 0 Å². The predicted molar refractivity (Wildman–Crippen MR) is 123 cm³/mol. The molecule has 32 heavy (non-hydrogen) atoms. The van der Waals surface area contributed by atoms with E-state index in [-0.39, 0.29) is 26.1 Å². The minimum atomic E-state index is -1.01. The standard InChI is InChI=1S/C27H30O5/c1-2-31-26(30)19-24(28)18-25(29)20-32-27(21-12-6-3-7-13-21,22-14-8-4-9-15-22)23-16-10-5-11-17-23/h3-17,24-25,28-29H,2,18-20H2,1H3. The van der Waals surface area contributed by atoms with Gasteiger partial charge in [0.15, 0.2) is 0 Å². The Labute approximate surface area is 189 Å². The summed E-state index contributed by atoms with van der Waals surface area (Å²) in [5, 5.41) is 20.8. The van der Waals surface area contributed by atoms with Crippen LogP contribution >= 0.6 is 0 Å². The lowest BCUT2D eigenvalue weighted by Crippen LogP contribution is -2.36. The molecule has 168 valence electrons. The first kappa shape index (κ1) is 23.7. The Morgan fingerprint density at radius 3 is 1.62 bits per heavy atom. The largest absolute Gasteiger partial charge is 0.466 e. The minimum absolute atomic E-state index is 0.00721. The fraction of sp³-hybridized carbons (Fsp3) is 0.296. The highest BCUT2D eigenvalue weighted by atomic mass is 16.5. The third-order valence-electron chi connectivity index (χ3n) is 5.28. The lowest BCUT2D eigenvalue weighted by molar-refractivity contribution is -0.145. The van der Waals surface area contributed by atoms with Crippen molar-refractivity contribution < 1.29 is 24.5 Å². The van der Waals surface area contributed by atoms with E-state index in [4.69, 9.17) is 9.47 Å². The van der Waals surface area contributed by atoms with Crippen LogP contribution in [0.4, 0.5) is 0 Å². The first-order valence-electron chi connectivity index (χ1n) is 10.9. The molecule has 0 radical (unpaired) electrons. The van der Waals surface area contributed by atoms with Crippen molar-refractivity contribution in [1.82, 2.24) is 0 Å². The number of rotatable bonds is 11. The van der Waals surface area contributed by atoms with E-state index in [1.807, 2.05) is 91.0 Å². The fourth-order valence-electron chi connectivity index (χ4n) is 3.87. The Kier molecular flexibility index (Phi) is 8.56. The first-order chi connectivity index (χ1) is 15.6. The maximum Gasteiger partial charge on any atom is 0.308 e. The van der Waals surface area contributed by atoms with E-state index in [0.717, 1.165) is 16.7 Å². The summed E-state index contributed by atoms with van der Waals surface area (Å²) < 4.78 is 11.4. The summed E-state index contributed by atoms with van der Waals surface area (Å²) in [6.45, 7) is 1.94. The van der Waals surface area contributed by atoms with Crippen LogP contribution in [0.1, 0.15) is 36.5 Å². The molecule has 5 heteroatoms. The molecule has 3 aromatic rings. The summed E-state index contributed by atoms with van der Waals surface area (Å²) in [5.74, 6) is -0.486. The van der Waals surface area contributed by atoms with Crippen LogP contribution < -0.4 is 0 Å². The van der Waals surface area contributed by atoms with Gasteiger partial charge in [-0.15, -0.1) is 0 Å². The van der Waals surface area contributed by atoms with E-state index < -0.39 is 23.8 Å². The number of hydrogen-bond donors (Lipinski definition) is 2. The van der Waals surface area contributed by atoms with E-state index in [9.17, 15) is 15.0 Å². The topological polar surface area (TPSA) is 76.0 Å². The second-order valence-corrected chi connectivity index (χ2v) is 7.64. The zero-order valence-electron chi connectivity index (χ0n) is 18.3. The van der Waals surface area contributed by atoms with Crippen molar-refractivity contribution in [2.45, 2.75) is 37.6 Å². The molecular formula is C27H30O5. The molecule has 2 N–H and O–H groups in total. The maximum atomic E-state index is 11.6. The zero-order valence-corrected chi connectivity index (χ0v) is 18.3. The highest BCUT2D eigenvalue weighted by molar-refractivity contribution is 5.69. The Bertz CT molecular complexity index is 847. The normalized spacial score (nSPS) is 13.3. The van der Waals surface area contributed by atoms with Gasteiger partial charge in [-0.25, -0.2) is 0 Å². The van der Waals surface area contributed by atoms with Gasteiger partial charge in [0.05, 0.1) is 31.8 Å². The fourth-order valence-corrected chi connectivity index (χ4v) is 3.87. The van der Waals surface area contributed by atoms with Gasteiger partial charge in [0, 0.05) is 6.42 Å². The monoisotopic (exact) mass is 434 g/mol. The average Bonchev–Trinajstić information content (AvgIpc) is 2.81. The number of aliphatic hydroxyl groups is 2. The van der Waals surface area contributed by atoms with Crippen LogP contribution in [0.2, 0.25) is 0 Å². The molecule has 0 saturated heterocycles. The number of aliphatic hydroxyl groups excluding tert-OH is 2. The van der Waals surface area contributed by atoms with E-state index in [0.29, 0.717) is 0 Å². The highest BCUT2D eigenvalue weighted by Crippen LogP contribution is 2.40. The summed E-state index contributed by atoms with van der Waals surface area (Å²) in [6.07, 6.45) is -2.12. The summed E-state index contributed by atoms with van der Waals surface area (Å²) in [4.78, 5) is 11.6. The molecule has 2 atom stereocenters. The van der Waals surface area contributed by atoms with Gasteiger partial charge in [-0.1, -0.05) is 91.0 Å². The van der Waals surface area contributed by atoms with Gasteiger partial charge in [0.1, 0.15) is 5.60 Å². The Balaban J connectivity index is 1.89. The number of carbonyl (C=O) groups excluding carboxylic acids is 1. The van der Waals surface area contributed by atoms with Crippen LogP contribution in [-0.2, 0) is 19.9 Å². The van der Waals surface area contributed by atoms with Gasteiger partial charge >= 0.3 is 5.97 Å². The molecule has 0 spiro atoms. The van der Waals surface area contributed by atoms with Gasteiger partial charge in [-0.05, 0) is 23.6 Å². The number of hydrogen-bond acceptors (Lipinski definition) is 5. The zero-order chi connectivity index (χ0) is 22.8. The van der Waals surface area contributed by atoms with Crippen molar-refractivity contribution in [3.63, 3.8) is 0 Å². The van der Waals surface area contributed by atoms with E-state index in [1.165, 1.54) is 0 Å². The van der Waals surface area contributed by atoms with Crippen LogP contribution in [-0.4, -0.2) is 41.6 Å².